The van der Waals surface area contributed by atoms with Crippen molar-refractivity contribution in [2.75, 3.05) is 5.32 Å². The van der Waals surface area contributed by atoms with E-state index in [-0.39, 0.29) is 24.8 Å². The van der Waals surface area contributed by atoms with Crippen LogP contribution in [0.2, 0.25) is 0 Å². The van der Waals surface area contributed by atoms with Crippen LogP contribution in [0.1, 0.15) is 37.5 Å². The van der Waals surface area contributed by atoms with E-state index in [2.05, 4.69) is 10.6 Å². The quantitative estimate of drug-likeness (QED) is 0.883. The van der Waals surface area contributed by atoms with E-state index in [4.69, 9.17) is 0 Å². The Morgan fingerprint density at radius 2 is 2.00 bits per heavy atom. The summed E-state index contributed by atoms with van der Waals surface area (Å²) < 4.78 is 37.8. The van der Waals surface area contributed by atoms with Crippen molar-refractivity contribution in [1.29, 1.82) is 0 Å². The first kappa shape index (κ1) is 16.3. The second kappa shape index (κ2) is 6.79. The largest absolute Gasteiger partial charge is 0.391 e. The van der Waals surface area contributed by atoms with Gasteiger partial charge in [-0.15, -0.1) is 11.3 Å². The molecule has 2 N–H and O–H groups in total. The fraction of sp³-hybridized carbons (Fsp3) is 0.643. The zero-order valence-corrected chi connectivity index (χ0v) is 12.6. The van der Waals surface area contributed by atoms with Crippen LogP contribution in [0.4, 0.5) is 18.9 Å². The number of nitrogens with one attached hydrogen (secondary N) is 2. The number of amides is 1. The minimum Gasteiger partial charge on any atom is -0.325 e. The van der Waals surface area contributed by atoms with E-state index in [0.29, 0.717) is 19.4 Å². The molecule has 1 aromatic heterocycles. The maximum Gasteiger partial charge on any atom is 0.391 e. The summed E-state index contributed by atoms with van der Waals surface area (Å²) in [6.45, 7) is 2.03. The van der Waals surface area contributed by atoms with Gasteiger partial charge in [-0.2, -0.15) is 13.2 Å². The van der Waals surface area contributed by atoms with Gasteiger partial charge in [0.25, 0.3) is 0 Å². The smallest absolute Gasteiger partial charge is 0.325 e. The molecule has 21 heavy (non-hydrogen) atoms. The lowest BCUT2D eigenvalue weighted by atomic mass is 9.85. The Hall–Kier alpha value is -1.08. The first-order chi connectivity index (χ1) is 9.86. The fourth-order valence-corrected chi connectivity index (χ4v) is 3.42. The molecule has 0 aliphatic heterocycles. The first-order valence-electron chi connectivity index (χ1n) is 7.00. The molecule has 3 nitrogen and oxygen atoms in total. The van der Waals surface area contributed by atoms with E-state index in [0.717, 1.165) is 10.6 Å². The molecule has 7 heteroatoms. The average molecular weight is 320 g/mol. The standard InChI is InChI=1S/C14H19F3N2OS/c1-9(20)19-12-6-7-21-13(12)8-18-11-4-2-10(3-5-11)14(15,16)17/h6-7,10-11,18H,2-5,8H2,1H3,(H,19,20). The van der Waals surface area contributed by atoms with Crippen molar-refractivity contribution in [1.82, 2.24) is 5.32 Å². The van der Waals surface area contributed by atoms with Gasteiger partial charge in [0, 0.05) is 24.4 Å². The zero-order valence-electron chi connectivity index (χ0n) is 11.8. The molecule has 0 spiro atoms. The maximum atomic E-state index is 12.6. The SMILES string of the molecule is CC(=O)Nc1ccsc1CNC1CCC(C(F)(F)F)CC1. The minimum atomic E-state index is -4.06. The first-order valence-corrected chi connectivity index (χ1v) is 7.88. The van der Waals surface area contributed by atoms with Crippen LogP contribution in [0.15, 0.2) is 11.4 Å². The number of hydrogen-bond acceptors (Lipinski definition) is 3. The summed E-state index contributed by atoms with van der Waals surface area (Å²) in [6, 6.07) is 1.96. The van der Waals surface area contributed by atoms with Crippen molar-refractivity contribution in [3.05, 3.63) is 16.3 Å². The number of rotatable bonds is 4. The Kier molecular flexibility index (Phi) is 5.27. The van der Waals surface area contributed by atoms with Gasteiger partial charge in [-0.05, 0) is 37.1 Å². The number of carbonyl (C=O) groups excluding carboxylic acids is 1. The molecule has 0 radical (unpaired) electrons. The van der Waals surface area contributed by atoms with E-state index in [1.807, 2.05) is 11.4 Å². The summed E-state index contributed by atoms with van der Waals surface area (Å²) in [7, 11) is 0. The molecule has 1 amide bonds. The zero-order chi connectivity index (χ0) is 15.5. The topological polar surface area (TPSA) is 41.1 Å². The van der Waals surface area contributed by atoms with Gasteiger partial charge in [-0.1, -0.05) is 0 Å². The Bertz CT molecular complexity index is 479. The predicted octanol–water partition coefficient (Wildman–Crippen LogP) is 3.92. The van der Waals surface area contributed by atoms with Crippen molar-refractivity contribution in [3.8, 4) is 0 Å². The molecular formula is C14H19F3N2OS. The van der Waals surface area contributed by atoms with Crippen molar-refractivity contribution in [2.45, 2.75) is 51.4 Å². The molecule has 0 saturated heterocycles. The summed E-state index contributed by atoms with van der Waals surface area (Å²) in [4.78, 5) is 12.1. The van der Waals surface area contributed by atoms with Crippen molar-refractivity contribution in [3.63, 3.8) is 0 Å². The number of thiophene rings is 1. The molecule has 0 aromatic carbocycles. The monoisotopic (exact) mass is 320 g/mol. The lowest BCUT2D eigenvalue weighted by Gasteiger charge is -2.30. The van der Waals surface area contributed by atoms with E-state index >= 15 is 0 Å². The second-order valence-electron chi connectivity index (χ2n) is 5.41. The average Bonchev–Trinajstić information content (AvgIpc) is 2.82. The van der Waals surface area contributed by atoms with Crippen LogP contribution < -0.4 is 10.6 Å². The molecule has 0 bridgehead atoms. The molecule has 1 aliphatic rings. The van der Waals surface area contributed by atoms with Crippen molar-refractivity contribution < 1.29 is 18.0 Å². The molecule has 2 rings (SSSR count). The van der Waals surface area contributed by atoms with Gasteiger partial charge in [-0.3, -0.25) is 4.79 Å². The van der Waals surface area contributed by atoms with Gasteiger partial charge in [-0.25, -0.2) is 0 Å². The lowest BCUT2D eigenvalue weighted by Crippen LogP contribution is -2.36. The van der Waals surface area contributed by atoms with Crippen molar-refractivity contribution >= 4 is 22.9 Å². The van der Waals surface area contributed by atoms with E-state index < -0.39 is 12.1 Å². The van der Waals surface area contributed by atoms with Crippen LogP contribution in [0.5, 0.6) is 0 Å². The van der Waals surface area contributed by atoms with Crippen LogP contribution >= 0.6 is 11.3 Å². The van der Waals surface area contributed by atoms with Gasteiger partial charge < -0.3 is 10.6 Å². The van der Waals surface area contributed by atoms with Crippen LogP contribution in [-0.2, 0) is 11.3 Å². The highest BCUT2D eigenvalue weighted by atomic mass is 32.1. The molecule has 1 aliphatic carbocycles. The summed E-state index contributed by atoms with van der Waals surface area (Å²) in [5.41, 5.74) is 0.781. The highest BCUT2D eigenvalue weighted by molar-refractivity contribution is 7.10. The Morgan fingerprint density at radius 1 is 1.33 bits per heavy atom. The molecular weight excluding hydrogens is 301 g/mol. The van der Waals surface area contributed by atoms with Gasteiger partial charge in [0.1, 0.15) is 0 Å². The highest BCUT2D eigenvalue weighted by Gasteiger charge is 2.41. The van der Waals surface area contributed by atoms with E-state index in [1.165, 1.54) is 18.3 Å². The van der Waals surface area contributed by atoms with Gasteiger partial charge in [0.15, 0.2) is 0 Å². The third-order valence-electron chi connectivity index (χ3n) is 3.80. The predicted molar refractivity (Wildman–Crippen MR) is 77.3 cm³/mol. The number of alkyl halides is 3. The molecule has 118 valence electrons. The molecule has 1 saturated carbocycles. The third kappa shape index (κ3) is 4.71. The minimum absolute atomic E-state index is 0.121. The number of anilines is 1. The molecule has 1 heterocycles. The van der Waals surface area contributed by atoms with Crippen LogP contribution in [0, 0.1) is 5.92 Å². The molecule has 0 atom stereocenters. The third-order valence-corrected chi connectivity index (χ3v) is 4.72. The summed E-state index contributed by atoms with van der Waals surface area (Å²) >= 11 is 1.53. The summed E-state index contributed by atoms with van der Waals surface area (Å²) in [5, 5.41) is 7.94. The fourth-order valence-electron chi connectivity index (χ4n) is 2.64. The van der Waals surface area contributed by atoms with Crippen LogP contribution in [-0.4, -0.2) is 18.1 Å². The van der Waals surface area contributed by atoms with E-state index in [9.17, 15) is 18.0 Å². The van der Waals surface area contributed by atoms with Gasteiger partial charge in [0.05, 0.1) is 11.6 Å². The Morgan fingerprint density at radius 3 is 2.57 bits per heavy atom. The molecule has 1 fully saturated rings. The van der Waals surface area contributed by atoms with Gasteiger partial charge in [0.2, 0.25) is 5.91 Å². The summed E-state index contributed by atoms with van der Waals surface area (Å²) in [5.74, 6) is -1.27. The number of halogens is 3. The normalized spacial score (nSPS) is 23.0. The van der Waals surface area contributed by atoms with Crippen LogP contribution in [0.25, 0.3) is 0 Å². The molecule has 0 unspecified atom stereocenters. The van der Waals surface area contributed by atoms with E-state index in [1.54, 1.807) is 0 Å². The highest BCUT2D eigenvalue weighted by Crippen LogP contribution is 2.37. The maximum absolute atomic E-state index is 12.6. The van der Waals surface area contributed by atoms with Crippen molar-refractivity contribution in [2.24, 2.45) is 5.92 Å². The Labute approximate surface area is 125 Å². The van der Waals surface area contributed by atoms with Gasteiger partial charge >= 0.3 is 6.18 Å². The summed E-state index contributed by atoms with van der Waals surface area (Å²) in [6.07, 6.45) is -2.57. The number of carbonyl (C=O) groups is 1. The van der Waals surface area contributed by atoms with Crippen LogP contribution in [0.3, 0.4) is 0 Å². The lowest BCUT2D eigenvalue weighted by molar-refractivity contribution is -0.182. The Balaban J connectivity index is 1.80. The number of hydrogen-bond donors (Lipinski definition) is 2. The molecule has 1 aromatic rings. The second-order valence-corrected chi connectivity index (χ2v) is 6.41.